The van der Waals surface area contributed by atoms with Crippen molar-refractivity contribution in [3.05, 3.63) is 83.7 Å². The minimum Gasteiger partial charge on any atom is -0.268 e. The van der Waals surface area contributed by atoms with Crippen LogP contribution in [0.3, 0.4) is 0 Å². The molecule has 1 aliphatic heterocycles. The van der Waals surface area contributed by atoms with E-state index in [4.69, 9.17) is 11.6 Å². The fourth-order valence-corrected chi connectivity index (χ4v) is 3.44. The highest BCUT2D eigenvalue weighted by atomic mass is 35.5. The first-order chi connectivity index (χ1) is 13.3. The van der Waals surface area contributed by atoms with Gasteiger partial charge in [0.15, 0.2) is 0 Å². The van der Waals surface area contributed by atoms with Crippen LogP contribution in [0.1, 0.15) is 11.1 Å². The van der Waals surface area contributed by atoms with Gasteiger partial charge in [-0.2, -0.15) is 0 Å². The van der Waals surface area contributed by atoms with E-state index in [-0.39, 0.29) is 33.4 Å². The highest BCUT2D eigenvalue weighted by Crippen LogP contribution is 2.35. The molecule has 0 atom stereocenters. The van der Waals surface area contributed by atoms with Gasteiger partial charge in [-0.1, -0.05) is 23.7 Å². The molecule has 0 unspecified atom stereocenters. The summed E-state index contributed by atoms with van der Waals surface area (Å²) in [5.74, 6) is -0.573. The van der Waals surface area contributed by atoms with Crippen LogP contribution in [-0.2, 0) is 11.3 Å². The number of halogens is 1. The third-order valence-electron chi connectivity index (χ3n) is 3.84. The van der Waals surface area contributed by atoms with Crippen molar-refractivity contribution >= 4 is 52.0 Å². The Balaban J connectivity index is 1.83. The highest BCUT2D eigenvalue weighted by molar-refractivity contribution is 8.18. The monoisotopic (exact) mass is 419 g/mol. The molecular weight excluding hydrogens is 410 g/mol. The van der Waals surface area contributed by atoms with Crippen LogP contribution < -0.4 is 0 Å². The number of nitrogens with zero attached hydrogens (tertiary/aromatic N) is 3. The average Bonchev–Trinajstić information content (AvgIpc) is 2.91. The number of amides is 2. The zero-order valence-corrected chi connectivity index (χ0v) is 15.5. The maximum Gasteiger partial charge on any atom is 0.293 e. The van der Waals surface area contributed by atoms with Crippen LogP contribution in [0.25, 0.3) is 6.08 Å². The molecule has 2 amide bonds. The second-order valence-corrected chi connectivity index (χ2v) is 7.05. The molecule has 1 aliphatic rings. The predicted molar refractivity (Wildman–Crippen MR) is 103 cm³/mol. The second kappa shape index (κ2) is 7.79. The van der Waals surface area contributed by atoms with Crippen molar-refractivity contribution in [2.75, 3.05) is 0 Å². The van der Waals surface area contributed by atoms with Gasteiger partial charge in [-0.15, -0.1) is 0 Å². The summed E-state index contributed by atoms with van der Waals surface area (Å²) in [5.41, 5.74) is 0.498. The van der Waals surface area contributed by atoms with Crippen molar-refractivity contribution in [1.82, 2.24) is 4.90 Å². The SMILES string of the molecule is O=C1SC(=Cc2cc([N+](=O)[O-])ccc2Cl)C(=O)N1Cc1ccc([N+](=O)[O-])cc1. The summed E-state index contributed by atoms with van der Waals surface area (Å²) >= 11 is 6.72. The molecule has 142 valence electrons. The number of hydrogen-bond donors (Lipinski definition) is 0. The summed E-state index contributed by atoms with van der Waals surface area (Å²) in [7, 11) is 0. The van der Waals surface area contributed by atoms with Crippen molar-refractivity contribution in [2.45, 2.75) is 6.54 Å². The topological polar surface area (TPSA) is 124 Å². The minimum absolute atomic E-state index is 0.0529. The van der Waals surface area contributed by atoms with E-state index in [1.54, 1.807) is 0 Å². The molecule has 28 heavy (non-hydrogen) atoms. The molecule has 1 saturated heterocycles. The van der Waals surface area contributed by atoms with Crippen molar-refractivity contribution in [1.29, 1.82) is 0 Å². The number of non-ortho nitro benzene ring substituents is 2. The summed E-state index contributed by atoms with van der Waals surface area (Å²) in [4.78, 5) is 46.3. The molecule has 0 radical (unpaired) electrons. The van der Waals surface area contributed by atoms with Crippen LogP contribution in [0.5, 0.6) is 0 Å². The van der Waals surface area contributed by atoms with Gasteiger partial charge in [-0.05, 0) is 29.5 Å². The normalized spacial score (nSPS) is 15.3. The van der Waals surface area contributed by atoms with Gasteiger partial charge >= 0.3 is 0 Å². The zero-order valence-electron chi connectivity index (χ0n) is 13.9. The Bertz CT molecular complexity index is 1040. The molecule has 9 nitrogen and oxygen atoms in total. The van der Waals surface area contributed by atoms with E-state index >= 15 is 0 Å². The third kappa shape index (κ3) is 4.02. The lowest BCUT2D eigenvalue weighted by molar-refractivity contribution is -0.385. The molecule has 0 saturated carbocycles. The minimum atomic E-state index is -0.589. The molecule has 0 aromatic heterocycles. The number of hydrogen-bond acceptors (Lipinski definition) is 7. The van der Waals surface area contributed by atoms with Crippen molar-refractivity contribution in [3.63, 3.8) is 0 Å². The Morgan fingerprint density at radius 3 is 2.21 bits per heavy atom. The Labute approximate surface area is 166 Å². The van der Waals surface area contributed by atoms with Gasteiger partial charge in [0.05, 0.1) is 21.3 Å². The van der Waals surface area contributed by atoms with Gasteiger partial charge in [0.25, 0.3) is 22.5 Å². The van der Waals surface area contributed by atoms with Gasteiger partial charge in [-0.3, -0.25) is 34.7 Å². The number of nitro groups is 2. The maximum atomic E-state index is 12.6. The van der Waals surface area contributed by atoms with E-state index < -0.39 is 21.0 Å². The summed E-state index contributed by atoms with van der Waals surface area (Å²) in [6.45, 7) is -0.0529. The van der Waals surface area contributed by atoms with Crippen LogP contribution in [-0.4, -0.2) is 25.9 Å². The fraction of sp³-hybridized carbons (Fsp3) is 0.0588. The molecule has 11 heteroatoms. The quantitative estimate of drug-likeness (QED) is 0.399. The van der Waals surface area contributed by atoms with Crippen LogP contribution >= 0.6 is 23.4 Å². The molecule has 0 bridgehead atoms. The number of rotatable bonds is 5. The summed E-state index contributed by atoms with van der Waals surface area (Å²) in [6, 6.07) is 9.28. The molecule has 0 spiro atoms. The Hall–Kier alpha value is -3.24. The summed E-state index contributed by atoms with van der Waals surface area (Å²) in [5, 5.41) is 21.3. The van der Waals surface area contributed by atoms with E-state index in [2.05, 4.69) is 0 Å². The summed E-state index contributed by atoms with van der Waals surface area (Å²) < 4.78 is 0. The van der Waals surface area contributed by atoms with Gasteiger partial charge < -0.3 is 0 Å². The Morgan fingerprint density at radius 1 is 1.00 bits per heavy atom. The van der Waals surface area contributed by atoms with Crippen LogP contribution in [0, 0.1) is 20.2 Å². The van der Waals surface area contributed by atoms with E-state index in [1.807, 2.05) is 0 Å². The first-order valence-electron chi connectivity index (χ1n) is 7.69. The van der Waals surface area contributed by atoms with Gasteiger partial charge in [0.1, 0.15) is 0 Å². The molecule has 0 N–H and O–H groups in total. The molecule has 0 aliphatic carbocycles. The van der Waals surface area contributed by atoms with E-state index in [1.165, 1.54) is 48.5 Å². The summed E-state index contributed by atoms with van der Waals surface area (Å²) in [6.07, 6.45) is 1.33. The number of thioether (sulfide) groups is 1. The van der Waals surface area contributed by atoms with Crippen LogP contribution in [0.4, 0.5) is 16.2 Å². The van der Waals surface area contributed by atoms with E-state index in [9.17, 15) is 29.8 Å². The molecule has 3 rings (SSSR count). The number of carbonyl (C=O) groups excluding carboxylic acids is 2. The maximum absolute atomic E-state index is 12.6. The highest BCUT2D eigenvalue weighted by Gasteiger charge is 2.35. The predicted octanol–water partition coefficient (Wildman–Crippen LogP) is 4.39. The number of nitro benzene ring substituents is 2. The van der Waals surface area contributed by atoms with Crippen molar-refractivity contribution in [2.24, 2.45) is 0 Å². The zero-order chi connectivity index (χ0) is 20.4. The molecule has 1 fully saturated rings. The van der Waals surface area contributed by atoms with Crippen molar-refractivity contribution in [3.8, 4) is 0 Å². The molecule has 2 aromatic rings. The first-order valence-corrected chi connectivity index (χ1v) is 8.88. The van der Waals surface area contributed by atoms with E-state index in [0.717, 1.165) is 4.90 Å². The standard InChI is InChI=1S/C17H10ClN3O6S/c18-14-6-5-13(21(26)27)7-11(14)8-15-16(22)19(17(23)28-15)9-10-1-3-12(4-2-10)20(24)25/h1-8H,9H2. The Morgan fingerprint density at radius 2 is 1.61 bits per heavy atom. The van der Waals surface area contributed by atoms with Crippen LogP contribution in [0.2, 0.25) is 5.02 Å². The molecule has 1 heterocycles. The lowest BCUT2D eigenvalue weighted by atomic mass is 10.1. The number of carbonyl (C=O) groups is 2. The number of imide groups is 1. The smallest absolute Gasteiger partial charge is 0.268 e. The van der Waals surface area contributed by atoms with Crippen LogP contribution in [0.15, 0.2) is 47.4 Å². The van der Waals surface area contributed by atoms with Gasteiger partial charge in [0.2, 0.25) is 0 Å². The van der Waals surface area contributed by atoms with Gasteiger partial charge in [-0.25, -0.2) is 0 Å². The van der Waals surface area contributed by atoms with E-state index in [0.29, 0.717) is 17.3 Å². The fourth-order valence-electron chi connectivity index (χ4n) is 2.44. The third-order valence-corrected chi connectivity index (χ3v) is 5.09. The lowest BCUT2D eigenvalue weighted by Crippen LogP contribution is -2.27. The average molecular weight is 420 g/mol. The first kappa shape index (κ1) is 19.5. The number of benzene rings is 2. The second-order valence-electron chi connectivity index (χ2n) is 5.65. The van der Waals surface area contributed by atoms with Gasteiger partial charge in [0, 0.05) is 34.9 Å². The van der Waals surface area contributed by atoms with Crippen molar-refractivity contribution < 1.29 is 19.4 Å². The largest absolute Gasteiger partial charge is 0.293 e. The molecule has 2 aromatic carbocycles. The Kier molecular flexibility index (Phi) is 5.43. The lowest BCUT2D eigenvalue weighted by Gasteiger charge is -2.12. The molecular formula is C17H10ClN3O6S.